The molecule has 0 atom stereocenters. The Morgan fingerprint density at radius 3 is 2.64 bits per heavy atom. The zero-order valence-corrected chi connectivity index (χ0v) is 8.89. The molecule has 0 unspecified atom stereocenters. The highest BCUT2D eigenvalue weighted by molar-refractivity contribution is 7.09. The van der Waals surface area contributed by atoms with E-state index < -0.39 is 0 Å². The highest BCUT2D eigenvalue weighted by Gasteiger charge is 2.25. The van der Waals surface area contributed by atoms with Crippen LogP contribution >= 0.6 is 11.3 Å². The van der Waals surface area contributed by atoms with E-state index in [1.807, 2.05) is 11.6 Å². The number of nitrogens with two attached hydrogens (primary N) is 1. The second-order valence-electron chi connectivity index (χ2n) is 3.87. The predicted molar refractivity (Wildman–Crippen MR) is 58.7 cm³/mol. The molecule has 1 aromatic heterocycles. The zero-order valence-electron chi connectivity index (χ0n) is 8.07. The molecule has 3 N–H and O–H groups in total. The monoisotopic (exact) mass is 209 g/mol. The van der Waals surface area contributed by atoms with Crippen molar-refractivity contribution in [2.24, 2.45) is 11.7 Å². The fourth-order valence-electron chi connectivity index (χ4n) is 2.09. The topological polar surface area (TPSA) is 62.8 Å². The van der Waals surface area contributed by atoms with Crippen molar-refractivity contribution in [2.75, 3.05) is 0 Å². The molecule has 0 aromatic carbocycles. The summed E-state index contributed by atoms with van der Waals surface area (Å²) in [5.74, 6) is 1.31. The van der Waals surface area contributed by atoms with E-state index in [0.717, 1.165) is 25.7 Å². The standard InChI is InChI=1S/C10H15N3S/c11-9(12)7-1-3-8(4-2-7)10-13-5-6-14-10/h5-8H,1-4H2,(H3,11,12). The molecule has 0 aliphatic heterocycles. The Morgan fingerprint density at radius 1 is 1.43 bits per heavy atom. The van der Waals surface area contributed by atoms with Gasteiger partial charge in [0.1, 0.15) is 0 Å². The minimum Gasteiger partial charge on any atom is -0.387 e. The lowest BCUT2D eigenvalue weighted by atomic mass is 9.82. The summed E-state index contributed by atoms with van der Waals surface area (Å²) in [4.78, 5) is 4.34. The fourth-order valence-corrected chi connectivity index (χ4v) is 2.90. The van der Waals surface area contributed by atoms with E-state index in [0.29, 0.717) is 17.7 Å². The van der Waals surface area contributed by atoms with Gasteiger partial charge >= 0.3 is 0 Å². The molecular formula is C10H15N3S. The van der Waals surface area contributed by atoms with Gasteiger partial charge in [-0.1, -0.05) is 0 Å². The Balaban J connectivity index is 1.93. The summed E-state index contributed by atoms with van der Waals surface area (Å²) in [5, 5.41) is 10.7. The van der Waals surface area contributed by atoms with Gasteiger partial charge in [-0.15, -0.1) is 11.3 Å². The molecule has 14 heavy (non-hydrogen) atoms. The number of nitrogens with zero attached hydrogens (tertiary/aromatic N) is 1. The molecule has 1 saturated carbocycles. The van der Waals surface area contributed by atoms with Crippen LogP contribution in [0, 0.1) is 11.3 Å². The summed E-state index contributed by atoms with van der Waals surface area (Å²) in [6.07, 6.45) is 6.26. The molecule has 0 bridgehead atoms. The molecule has 1 heterocycles. The largest absolute Gasteiger partial charge is 0.387 e. The van der Waals surface area contributed by atoms with Gasteiger partial charge < -0.3 is 5.73 Å². The number of amidine groups is 1. The molecule has 1 aromatic rings. The van der Waals surface area contributed by atoms with Crippen LogP contribution in [0.2, 0.25) is 0 Å². The zero-order chi connectivity index (χ0) is 9.97. The summed E-state index contributed by atoms with van der Waals surface area (Å²) in [7, 11) is 0. The van der Waals surface area contributed by atoms with E-state index >= 15 is 0 Å². The van der Waals surface area contributed by atoms with Crippen LogP contribution in [0.3, 0.4) is 0 Å². The van der Waals surface area contributed by atoms with Crippen LogP contribution in [0.15, 0.2) is 11.6 Å². The summed E-state index contributed by atoms with van der Waals surface area (Å²) < 4.78 is 0. The van der Waals surface area contributed by atoms with Gasteiger partial charge in [-0.2, -0.15) is 0 Å². The van der Waals surface area contributed by atoms with Gasteiger partial charge in [0.15, 0.2) is 0 Å². The summed E-state index contributed by atoms with van der Waals surface area (Å²) >= 11 is 1.74. The van der Waals surface area contributed by atoms with Gasteiger partial charge in [0.05, 0.1) is 10.8 Å². The van der Waals surface area contributed by atoms with E-state index in [9.17, 15) is 0 Å². The molecule has 0 radical (unpaired) electrons. The quantitative estimate of drug-likeness (QED) is 0.580. The lowest BCUT2D eigenvalue weighted by Crippen LogP contribution is -2.26. The molecule has 0 spiro atoms. The van der Waals surface area contributed by atoms with Crippen LogP contribution in [-0.4, -0.2) is 10.8 Å². The number of nitrogens with one attached hydrogen (secondary N) is 1. The fraction of sp³-hybridized carbons (Fsp3) is 0.600. The third-order valence-electron chi connectivity index (χ3n) is 2.97. The first-order valence-corrected chi connectivity index (χ1v) is 5.88. The molecule has 0 saturated heterocycles. The maximum absolute atomic E-state index is 7.39. The number of hydrogen-bond acceptors (Lipinski definition) is 3. The van der Waals surface area contributed by atoms with E-state index in [1.54, 1.807) is 11.3 Å². The molecule has 1 aliphatic rings. The minimum atomic E-state index is 0.325. The molecule has 0 amide bonds. The van der Waals surface area contributed by atoms with Gasteiger partial charge in [-0.3, -0.25) is 5.41 Å². The van der Waals surface area contributed by atoms with Gasteiger partial charge in [0.2, 0.25) is 0 Å². The lowest BCUT2D eigenvalue weighted by Gasteiger charge is -2.26. The summed E-state index contributed by atoms with van der Waals surface area (Å²) in [6.45, 7) is 0. The van der Waals surface area contributed by atoms with Crippen LogP contribution in [0.4, 0.5) is 0 Å². The van der Waals surface area contributed by atoms with Gasteiger partial charge in [0.25, 0.3) is 0 Å². The van der Waals surface area contributed by atoms with Crippen LogP contribution in [-0.2, 0) is 0 Å². The Hall–Kier alpha value is -0.900. The molecule has 76 valence electrons. The van der Waals surface area contributed by atoms with Crippen molar-refractivity contribution >= 4 is 17.2 Å². The van der Waals surface area contributed by atoms with Crippen molar-refractivity contribution in [1.29, 1.82) is 5.41 Å². The van der Waals surface area contributed by atoms with Crippen LogP contribution in [0.25, 0.3) is 0 Å². The first kappa shape index (κ1) is 9.65. The van der Waals surface area contributed by atoms with E-state index in [1.165, 1.54) is 5.01 Å². The highest BCUT2D eigenvalue weighted by Crippen LogP contribution is 2.36. The van der Waals surface area contributed by atoms with Crippen LogP contribution in [0.1, 0.15) is 36.6 Å². The Kier molecular flexibility index (Phi) is 2.82. The van der Waals surface area contributed by atoms with Crippen molar-refractivity contribution in [3.05, 3.63) is 16.6 Å². The molecule has 1 aliphatic carbocycles. The maximum Gasteiger partial charge on any atom is 0.0955 e. The summed E-state index contributed by atoms with van der Waals surface area (Å²) in [6, 6.07) is 0. The third kappa shape index (κ3) is 1.95. The lowest BCUT2D eigenvalue weighted by molar-refractivity contribution is 0.389. The van der Waals surface area contributed by atoms with E-state index in [2.05, 4.69) is 4.98 Å². The molecule has 1 fully saturated rings. The second-order valence-corrected chi connectivity index (χ2v) is 4.80. The summed E-state index contributed by atoms with van der Waals surface area (Å²) in [5.41, 5.74) is 5.50. The van der Waals surface area contributed by atoms with Crippen LogP contribution in [0.5, 0.6) is 0 Å². The van der Waals surface area contributed by atoms with Gasteiger partial charge in [0, 0.05) is 23.4 Å². The first-order chi connectivity index (χ1) is 6.77. The predicted octanol–water partition coefficient (Wildman–Crippen LogP) is 2.35. The maximum atomic E-state index is 7.39. The van der Waals surface area contributed by atoms with Crippen LogP contribution < -0.4 is 5.73 Å². The van der Waals surface area contributed by atoms with Crippen molar-refractivity contribution in [1.82, 2.24) is 4.98 Å². The second kappa shape index (κ2) is 4.09. The van der Waals surface area contributed by atoms with Gasteiger partial charge in [-0.05, 0) is 25.7 Å². The molecule has 3 nitrogen and oxygen atoms in total. The number of hydrogen-bond donors (Lipinski definition) is 2. The third-order valence-corrected chi connectivity index (χ3v) is 3.91. The van der Waals surface area contributed by atoms with Gasteiger partial charge in [-0.25, -0.2) is 4.98 Å². The molecular weight excluding hydrogens is 194 g/mol. The highest BCUT2D eigenvalue weighted by atomic mass is 32.1. The number of rotatable bonds is 2. The van der Waals surface area contributed by atoms with Crippen molar-refractivity contribution in [2.45, 2.75) is 31.6 Å². The Bertz CT molecular complexity index is 299. The number of aromatic nitrogens is 1. The van der Waals surface area contributed by atoms with E-state index in [-0.39, 0.29) is 0 Å². The molecule has 4 heteroatoms. The average Bonchev–Trinajstić information content (AvgIpc) is 2.71. The minimum absolute atomic E-state index is 0.325. The first-order valence-electron chi connectivity index (χ1n) is 5.00. The Morgan fingerprint density at radius 2 is 2.14 bits per heavy atom. The van der Waals surface area contributed by atoms with Crippen molar-refractivity contribution in [3.8, 4) is 0 Å². The van der Waals surface area contributed by atoms with Crippen molar-refractivity contribution in [3.63, 3.8) is 0 Å². The van der Waals surface area contributed by atoms with E-state index in [4.69, 9.17) is 11.1 Å². The number of thiazole rings is 1. The Labute approximate surface area is 87.9 Å². The average molecular weight is 209 g/mol. The molecule has 2 rings (SSSR count). The SMILES string of the molecule is N=C(N)C1CCC(c2nccs2)CC1. The van der Waals surface area contributed by atoms with Crippen molar-refractivity contribution < 1.29 is 0 Å². The normalized spacial score (nSPS) is 27.4. The smallest absolute Gasteiger partial charge is 0.0955 e.